The van der Waals surface area contributed by atoms with Crippen molar-refractivity contribution in [3.63, 3.8) is 0 Å². The molecule has 1 saturated heterocycles. The molecule has 1 saturated carbocycles. The molecule has 1 aromatic carbocycles. The number of amides is 1. The molecule has 43 heavy (non-hydrogen) atoms. The molecule has 10 nitrogen and oxygen atoms in total. The molecule has 4 aromatic rings. The van der Waals surface area contributed by atoms with E-state index in [9.17, 15) is 22.4 Å². The monoisotopic (exact) mass is 606 g/mol. The number of nitrogens with zero attached hydrogens (tertiary/aromatic N) is 6. The van der Waals surface area contributed by atoms with Crippen LogP contribution in [0.1, 0.15) is 31.2 Å². The van der Waals surface area contributed by atoms with E-state index in [4.69, 9.17) is 0 Å². The zero-order valence-corrected chi connectivity index (χ0v) is 24.3. The van der Waals surface area contributed by atoms with Gasteiger partial charge in [-0.25, -0.2) is 36.5 Å². The number of halogens is 2. The van der Waals surface area contributed by atoms with Gasteiger partial charge in [0.25, 0.3) is 0 Å². The van der Waals surface area contributed by atoms with Crippen molar-refractivity contribution in [2.75, 3.05) is 30.8 Å². The van der Waals surface area contributed by atoms with E-state index in [-0.39, 0.29) is 63.2 Å². The lowest BCUT2D eigenvalue weighted by atomic mass is 10.1. The average Bonchev–Trinajstić information content (AvgIpc) is 3.82. The molecule has 0 bridgehead atoms. The number of anilines is 1. The van der Waals surface area contributed by atoms with Crippen molar-refractivity contribution in [1.29, 1.82) is 0 Å². The Labute approximate surface area is 246 Å². The number of sulfone groups is 1. The third kappa shape index (κ3) is 5.07. The molecule has 4 heterocycles. The normalized spacial score (nSPS) is 17.3. The topological polar surface area (TPSA) is 118 Å². The fraction of sp³-hybridized carbons (Fsp3) is 0.300. The summed E-state index contributed by atoms with van der Waals surface area (Å²) in [5.74, 6) is -1.69. The molecule has 13 heteroatoms. The van der Waals surface area contributed by atoms with Gasteiger partial charge in [-0.15, -0.1) is 0 Å². The standard InChI is InChI=1S/C30H28F2N6O4S/c1-4-24(39)36-13-14-37(17(2)16-36)27-21-15-23(32)25(20-7-5-6-8-22(20)31)34-28(21)38(30(40)35-27)26-19(18-9-10-18)11-12-33-29(26)43(3,41)42/h4-8,11-12,15,17-18H,1,9-10,13-14,16H2,2-3H3/t17-/m0/s1. The lowest BCUT2D eigenvalue weighted by Gasteiger charge is -2.40. The first-order chi connectivity index (χ1) is 20.5. The molecule has 0 unspecified atom stereocenters. The van der Waals surface area contributed by atoms with E-state index in [2.05, 4.69) is 21.5 Å². The summed E-state index contributed by atoms with van der Waals surface area (Å²) in [7, 11) is -3.95. The van der Waals surface area contributed by atoms with Crippen molar-refractivity contribution in [3.8, 4) is 16.9 Å². The molecule has 1 amide bonds. The maximum atomic E-state index is 15.8. The third-order valence-corrected chi connectivity index (χ3v) is 8.83. The fourth-order valence-corrected chi connectivity index (χ4v) is 6.45. The maximum Gasteiger partial charge on any atom is 0.355 e. The highest BCUT2D eigenvalue weighted by molar-refractivity contribution is 7.90. The Balaban J connectivity index is 1.67. The van der Waals surface area contributed by atoms with E-state index in [0.29, 0.717) is 18.7 Å². The van der Waals surface area contributed by atoms with E-state index in [1.165, 1.54) is 36.5 Å². The fourth-order valence-electron chi connectivity index (χ4n) is 5.64. The highest BCUT2D eigenvalue weighted by Crippen LogP contribution is 2.44. The number of rotatable bonds is 6. The summed E-state index contributed by atoms with van der Waals surface area (Å²) in [5, 5.41) is -0.212. The second-order valence-electron chi connectivity index (χ2n) is 10.9. The Bertz CT molecular complexity index is 1980. The third-order valence-electron chi connectivity index (χ3n) is 7.83. The van der Waals surface area contributed by atoms with Crippen molar-refractivity contribution in [2.45, 2.75) is 36.8 Å². The van der Waals surface area contributed by atoms with E-state index in [1.807, 2.05) is 6.92 Å². The van der Waals surface area contributed by atoms with E-state index in [0.717, 1.165) is 29.7 Å². The summed E-state index contributed by atoms with van der Waals surface area (Å²) in [6.45, 7) is 6.26. The first-order valence-corrected chi connectivity index (χ1v) is 15.6. The Kier molecular flexibility index (Phi) is 7.07. The molecule has 2 aliphatic rings. The lowest BCUT2D eigenvalue weighted by molar-refractivity contribution is -0.126. The van der Waals surface area contributed by atoms with Crippen LogP contribution >= 0.6 is 0 Å². The number of carbonyl (C=O) groups is 1. The Morgan fingerprint density at radius 3 is 2.49 bits per heavy atom. The van der Waals surface area contributed by atoms with Crippen LogP contribution in [0.3, 0.4) is 0 Å². The second-order valence-corrected chi connectivity index (χ2v) is 12.8. The molecule has 0 N–H and O–H groups in total. The summed E-state index contributed by atoms with van der Waals surface area (Å²) in [4.78, 5) is 42.6. The lowest BCUT2D eigenvalue weighted by Crippen LogP contribution is -2.54. The van der Waals surface area contributed by atoms with Crippen LogP contribution in [0.2, 0.25) is 0 Å². The number of aromatic nitrogens is 4. The highest BCUT2D eigenvalue weighted by atomic mass is 32.2. The summed E-state index contributed by atoms with van der Waals surface area (Å²) >= 11 is 0. The summed E-state index contributed by atoms with van der Waals surface area (Å²) in [6.07, 6.45) is 5.17. The first kappa shape index (κ1) is 28.6. The van der Waals surface area contributed by atoms with Crippen molar-refractivity contribution < 1.29 is 22.0 Å². The number of benzene rings is 1. The SMILES string of the molecule is C=CC(=O)N1CCN(c2nc(=O)n(-c3c(C4CC4)ccnc3S(C)(=O)=O)c3nc(-c4ccccc4F)c(F)cc23)[C@@H](C)C1. The van der Waals surface area contributed by atoms with Crippen molar-refractivity contribution in [3.05, 3.63) is 82.9 Å². The zero-order valence-electron chi connectivity index (χ0n) is 23.5. The van der Waals surface area contributed by atoms with Gasteiger partial charge >= 0.3 is 5.69 Å². The number of hydrogen-bond donors (Lipinski definition) is 0. The van der Waals surface area contributed by atoms with Gasteiger partial charge in [0, 0.05) is 43.7 Å². The van der Waals surface area contributed by atoms with Crippen LogP contribution in [0, 0.1) is 11.6 Å². The van der Waals surface area contributed by atoms with Crippen LogP contribution in [0.25, 0.3) is 28.0 Å². The number of hydrogen-bond acceptors (Lipinski definition) is 8. The van der Waals surface area contributed by atoms with Crippen LogP contribution in [0.15, 0.2) is 65.1 Å². The van der Waals surface area contributed by atoms with Crippen molar-refractivity contribution in [1.82, 2.24) is 24.4 Å². The molecular weight excluding hydrogens is 578 g/mol. The molecule has 1 aliphatic carbocycles. The molecule has 0 spiro atoms. The quantitative estimate of drug-likeness (QED) is 0.306. The molecular formula is C30H28F2N6O4S. The van der Waals surface area contributed by atoms with Crippen LogP contribution < -0.4 is 10.6 Å². The Morgan fingerprint density at radius 2 is 1.84 bits per heavy atom. The predicted octanol–water partition coefficient (Wildman–Crippen LogP) is 3.62. The molecule has 2 fully saturated rings. The van der Waals surface area contributed by atoms with Gasteiger partial charge in [-0.3, -0.25) is 4.79 Å². The molecule has 1 atom stereocenters. The summed E-state index contributed by atoms with van der Waals surface area (Å²) < 4.78 is 57.7. The minimum Gasteiger partial charge on any atom is -0.350 e. The van der Waals surface area contributed by atoms with Gasteiger partial charge in [0.1, 0.15) is 23.1 Å². The van der Waals surface area contributed by atoms with Gasteiger partial charge in [-0.1, -0.05) is 18.7 Å². The number of piperazine rings is 1. The minimum atomic E-state index is -3.95. The number of carbonyl (C=O) groups excluding carboxylic acids is 1. The smallest absolute Gasteiger partial charge is 0.350 e. The van der Waals surface area contributed by atoms with Gasteiger partial charge in [0.05, 0.1) is 11.1 Å². The summed E-state index contributed by atoms with van der Waals surface area (Å²) in [5.41, 5.74) is -0.820. The van der Waals surface area contributed by atoms with E-state index >= 15 is 4.39 Å². The van der Waals surface area contributed by atoms with Crippen molar-refractivity contribution in [2.24, 2.45) is 0 Å². The molecule has 3 aromatic heterocycles. The molecule has 0 radical (unpaired) electrons. The van der Waals surface area contributed by atoms with E-state index < -0.39 is 27.2 Å². The molecule has 6 rings (SSSR count). The van der Waals surface area contributed by atoms with Crippen LogP contribution in [-0.4, -0.2) is 70.7 Å². The second kappa shape index (κ2) is 10.6. The highest BCUT2D eigenvalue weighted by Gasteiger charge is 2.34. The molecule has 1 aliphatic heterocycles. The minimum absolute atomic E-state index is 0.00888. The van der Waals surface area contributed by atoms with Crippen LogP contribution in [0.5, 0.6) is 0 Å². The van der Waals surface area contributed by atoms with Crippen LogP contribution in [-0.2, 0) is 14.6 Å². The predicted molar refractivity (Wildman–Crippen MR) is 157 cm³/mol. The number of pyridine rings is 2. The largest absolute Gasteiger partial charge is 0.355 e. The zero-order chi connectivity index (χ0) is 30.6. The van der Waals surface area contributed by atoms with Gasteiger partial charge in [0.2, 0.25) is 5.91 Å². The number of fused-ring (bicyclic) bond motifs is 1. The van der Waals surface area contributed by atoms with Crippen molar-refractivity contribution >= 4 is 32.6 Å². The van der Waals surface area contributed by atoms with Gasteiger partial charge in [-0.05, 0) is 61.6 Å². The van der Waals surface area contributed by atoms with Crippen LogP contribution in [0.4, 0.5) is 14.6 Å². The Hall–Kier alpha value is -4.52. The van der Waals surface area contributed by atoms with Gasteiger partial charge in [0.15, 0.2) is 20.5 Å². The molecule has 222 valence electrons. The first-order valence-electron chi connectivity index (χ1n) is 13.7. The average molecular weight is 607 g/mol. The van der Waals surface area contributed by atoms with Gasteiger partial charge in [-0.2, -0.15) is 4.98 Å². The van der Waals surface area contributed by atoms with Gasteiger partial charge < -0.3 is 9.80 Å². The van der Waals surface area contributed by atoms with E-state index in [1.54, 1.807) is 15.9 Å². The summed E-state index contributed by atoms with van der Waals surface area (Å²) in [6, 6.07) is 8.02. The maximum absolute atomic E-state index is 15.8. The Morgan fingerprint density at radius 1 is 1.09 bits per heavy atom.